The van der Waals surface area contributed by atoms with Crippen molar-refractivity contribution in [1.29, 1.82) is 0 Å². The van der Waals surface area contributed by atoms with Crippen LogP contribution in [0.3, 0.4) is 0 Å². The molecular formula is C13H19BrN2. The lowest BCUT2D eigenvalue weighted by Crippen LogP contribution is -2.37. The molecule has 2 N–H and O–H groups in total. The largest absolute Gasteiger partial charge is 0.316 e. The molecule has 16 heavy (non-hydrogen) atoms. The fourth-order valence-electron chi connectivity index (χ4n) is 2.54. The third-order valence-corrected chi connectivity index (χ3v) is 3.82. The first-order valence-corrected chi connectivity index (χ1v) is 6.74. The van der Waals surface area contributed by atoms with Gasteiger partial charge in [-0.15, -0.1) is 0 Å². The van der Waals surface area contributed by atoms with Crippen molar-refractivity contribution in [2.75, 3.05) is 20.1 Å². The van der Waals surface area contributed by atoms with Crippen LogP contribution >= 0.6 is 15.9 Å². The van der Waals surface area contributed by atoms with Crippen molar-refractivity contribution >= 4 is 15.9 Å². The number of piperidine rings is 1. The van der Waals surface area contributed by atoms with Gasteiger partial charge in [0, 0.05) is 10.5 Å². The Kier molecular flexibility index (Phi) is 4.38. The van der Waals surface area contributed by atoms with E-state index in [0.717, 1.165) is 11.0 Å². The molecule has 0 bridgehead atoms. The number of halogens is 1. The normalized spacial score (nSPS) is 23.0. The van der Waals surface area contributed by atoms with Crippen molar-refractivity contribution in [1.82, 2.24) is 10.6 Å². The Morgan fingerprint density at radius 1 is 1.50 bits per heavy atom. The van der Waals surface area contributed by atoms with Gasteiger partial charge in [0.2, 0.25) is 0 Å². The van der Waals surface area contributed by atoms with Crippen LogP contribution in [0.5, 0.6) is 0 Å². The Morgan fingerprint density at radius 3 is 3.00 bits per heavy atom. The topological polar surface area (TPSA) is 24.1 Å². The molecule has 2 atom stereocenters. The van der Waals surface area contributed by atoms with Gasteiger partial charge in [0.25, 0.3) is 0 Å². The van der Waals surface area contributed by atoms with Crippen molar-refractivity contribution in [3.05, 3.63) is 34.3 Å². The SMILES string of the molecule is CNC(c1cccc(Br)c1)C1CCCNC1. The molecule has 1 saturated heterocycles. The molecule has 0 spiro atoms. The van der Waals surface area contributed by atoms with Crippen molar-refractivity contribution in [3.63, 3.8) is 0 Å². The molecule has 0 aromatic heterocycles. The quantitative estimate of drug-likeness (QED) is 0.891. The molecule has 1 aromatic carbocycles. The molecular weight excluding hydrogens is 264 g/mol. The second-order valence-electron chi connectivity index (χ2n) is 4.43. The first-order valence-electron chi connectivity index (χ1n) is 5.94. The van der Waals surface area contributed by atoms with Crippen LogP contribution in [0.1, 0.15) is 24.4 Å². The number of nitrogens with one attached hydrogen (secondary N) is 2. The maximum atomic E-state index is 3.54. The summed E-state index contributed by atoms with van der Waals surface area (Å²) < 4.78 is 1.16. The van der Waals surface area contributed by atoms with Crippen molar-refractivity contribution < 1.29 is 0 Å². The van der Waals surface area contributed by atoms with Crippen molar-refractivity contribution in [3.8, 4) is 0 Å². The van der Waals surface area contributed by atoms with E-state index in [1.165, 1.54) is 24.9 Å². The Bertz CT molecular complexity index is 334. The van der Waals surface area contributed by atoms with Crippen LogP contribution in [-0.4, -0.2) is 20.1 Å². The van der Waals surface area contributed by atoms with Gasteiger partial charge in [-0.3, -0.25) is 0 Å². The van der Waals surface area contributed by atoms with Gasteiger partial charge >= 0.3 is 0 Å². The first-order chi connectivity index (χ1) is 7.81. The number of benzene rings is 1. The number of hydrogen-bond donors (Lipinski definition) is 2. The summed E-state index contributed by atoms with van der Waals surface area (Å²) in [6.07, 6.45) is 2.60. The second-order valence-corrected chi connectivity index (χ2v) is 5.34. The second kappa shape index (κ2) is 5.80. The summed E-state index contributed by atoms with van der Waals surface area (Å²) >= 11 is 3.54. The maximum absolute atomic E-state index is 3.54. The molecule has 0 saturated carbocycles. The van der Waals surface area contributed by atoms with Gasteiger partial charge in [-0.2, -0.15) is 0 Å². The third kappa shape index (κ3) is 2.84. The average molecular weight is 283 g/mol. The smallest absolute Gasteiger partial charge is 0.0358 e. The zero-order chi connectivity index (χ0) is 11.4. The third-order valence-electron chi connectivity index (χ3n) is 3.33. The fraction of sp³-hybridized carbons (Fsp3) is 0.538. The van der Waals surface area contributed by atoms with Gasteiger partial charge in [-0.1, -0.05) is 28.1 Å². The highest BCUT2D eigenvalue weighted by molar-refractivity contribution is 9.10. The number of hydrogen-bond acceptors (Lipinski definition) is 2. The molecule has 88 valence electrons. The van der Waals surface area contributed by atoms with Crippen molar-refractivity contribution in [2.24, 2.45) is 5.92 Å². The van der Waals surface area contributed by atoms with Gasteiger partial charge in [0.15, 0.2) is 0 Å². The van der Waals surface area contributed by atoms with Gasteiger partial charge in [0.1, 0.15) is 0 Å². The molecule has 2 unspecified atom stereocenters. The van der Waals surface area contributed by atoms with Crippen LogP contribution in [0, 0.1) is 5.92 Å². The van der Waals surface area contributed by atoms with Crippen LogP contribution in [-0.2, 0) is 0 Å². The predicted molar refractivity (Wildman–Crippen MR) is 71.5 cm³/mol. The Hall–Kier alpha value is -0.380. The van der Waals surface area contributed by atoms with Crippen molar-refractivity contribution in [2.45, 2.75) is 18.9 Å². The zero-order valence-corrected chi connectivity index (χ0v) is 11.3. The summed E-state index contributed by atoms with van der Waals surface area (Å²) in [5, 5.41) is 6.94. The molecule has 1 aromatic rings. The summed E-state index contributed by atoms with van der Waals surface area (Å²) in [6, 6.07) is 9.08. The highest BCUT2D eigenvalue weighted by Gasteiger charge is 2.23. The minimum atomic E-state index is 0.463. The maximum Gasteiger partial charge on any atom is 0.0358 e. The van der Waals surface area contributed by atoms with Crippen LogP contribution in [0.4, 0.5) is 0 Å². The van der Waals surface area contributed by atoms with E-state index in [4.69, 9.17) is 0 Å². The van der Waals surface area contributed by atoms with E-state index in [2.05, 4.69) is 57.9 Å². The standard InChI is InChI=1S/C13H19BrN2/c1-15-13(11-5-3-7-16-9-11)10-4-2-6-12(14)8-10/h2,4,6,8,11,13,15-16H,3,5,7,9H2,1H3. The average Bonchev–Trinajstić information content (AvgIpc) is 2.31. The minimum absolute atomic E-state index is 0.463. The molecule has 0 amide bonds. The van der Waals surface area contributed by atoms with E-state index >= 15 is 0 Å². The molecule has 3 heteroatoms. The molecule has 0 radical (unpaired) electrons. The Labute approximate surface area is 106 Å². The van der Waals surface area contributed by atoms with Gasteiger partial charge in [-0.25, -0.2) is 0 Å². The lowest BCUT2D eigenvalue weighted by Gasteiger charge is -2.31. The molecule has 0 aliphatic carbocycles. The Morgan fingerprint density at radius 2 is 2.38 bits per heavy atom. The summed E-state index contributed by atoms with van der Waals surface area (Å²) in [7, 11) is 2.06. The molecule has 1 fully saturated rings. The summed E-state index contributed by atoms with van der Waals surface area (Å²) in [4.78, 5) is 0. The Balaban J connectivity index is 2.14. The van der Waals surface area contributed by atoms with Gasteiger partial charge < -0.3 is 10.6 Å². The zero-order valence-electron chi connectivity index (χ0n) is 9.67. The lowest BCUT2D eigenvalue weighted by molar-refractivity contribution is 0.298. The van der Waals surface area contributed by atoms with E-state index < -0.39 is 0 Å². The molecule has 2 nitrogen and oxygen atoms in total. The van der Waals surface area contributed by atoms with E-state index in [9.17, 15) is 0 Å². The van der Waals surface area contributed by atoms with E-state index in [-0.39, 0.29) is 0 Å². The molecule has 1 aliphatic heterocycles. The minimum Gasteiger partial charge on any atom is -0.316 e. The first kappa shape index (κ1) is 12.1. The lowest BCUT2D eigenvalue weighted by atomic mass is 9.87. The number of rotatable bonds is 3. The monoisotopic (exact) mass is 282 g/mol. The predicted octanol–water partition coefficient (Wildman–Crippen LogP) is 2.71. The highest BCUT2D eigenvalue weighted by atomic mass is 79.9. The summed E-state index contributed by atoms with van der Waals surface area (Å²) in [5.41, 5.74) is 1.38. The van der Waals surface area contributed by atoms with Gasteiger partial charge in [0.05, 0.1) is 0 Å². The molecule has 1 aliphatic rings. The summed E-state index contributed by atoms with van der Waals surface area (Å²) in [6.45, 7) is 2.30. The van der Waals surface area contributed by atoms with E-state index in [0.29, 0.717) is 12.0 Å². The summed E-state index contributed by atoms with van der Waals surface area (Å²) in [5.74, 6) is 0.702. The van der Waals surface area contributed by atoms with Gasteiger partial charge in [-0.05, 0) is 56.6 Å². The molecule has 2 rings (SSSR count). The highest BCUT2D eigenvalue weighted by Crippen LogP contribution is 2.28. The van der Waals surface area contributed by atoms with Crippen LogP contribution in [0.15, 0.2) is 28.7 Å². The fourth-order valence-corrected chi connectivity index (χ4v) is 2.95. The van der Waals surface area contributed by atoms with Crippen LogP contribution < -0.4 is 10.6 Å². The van der Waals surface area contributed by atoms with Crippen LogP contribution in [0.25, 0.3) is 0 Å². The van der Waals surface area contributed by atoms with E-state index in [1.54, 1.807) is 0 Å². The van der Waals surface area contributed by atoms with Crippen LogP contribution in [0.2, 0.25) is 0 Å². The molecule has 1 heterocycles. The van der Waals surface area contributed by atoms with E-state index in [1.807, 2.05) is 0 Å².